The van der Waals surface area contributed by atoms with Gasteiger partial charge in [-0.3, -0.25) is 4.79 Å². The zero-order chi connectivity index (χ0) is 14.5. The van der Waals surface area contributed by atoms with Gasteiger partial charge in [0.2, 0.25) is 5.91 Å². The second-order valence-corrected chi connectivity index (χ2v) is 4.94. The number of rotatable bonds is 4. The Morgan fingerprint density at radius 2 is 2.15 bits per heavy atom. The van der Waals surface area contributed by atoms with Crippen LogP contribution >= 0.6 is 0 Å². The summed E-state index contributed by atoms with van der Waals surface area (Å²) in [5, 5.41) is 0. The number of carbonyl (C=O) groups excluding carboxylic acids is 2. The van der Waals surface area contributed by atoms with Crippen molar-refractivity contribution in [2.24, 2.45) is 5.92 Å². The topological polar surface area (TPSA) is 46.6 Å². The highest BCUT2D eigenvalue weighted by Crippen LogP contribution is 2.20. The minimum absolute atomic E-state index is 0.202. The van der Waals surface area contributed by atoms with Crippen LogP contribution < -0.4 is 0 Å². The van der Waals surface area contributed by atoms with Crippen LogP contribution in [0, 0.1) is 5.92 Å². The van der Waals surface area contributed by atoms with E-state index >= 15 is 0 Å². The van der Waals surface area contributed by atoms with Crippen molar-refractivity contribution in [1.82, 2.24) is 4.90 Å². The van der Waals surface area contributed by atoms with E-state index in [1.165, 1.54) is 4.90 Å². The fraction of sp³-hybridized carbons (Fsp3) is 0.375. The molecule has 2 atom stereocenters. The molecule has 2 rings (SSSR count). The van der Waals surface area contributed by atoms with Crippen LogP contribution in [0.4, 0.5) is 4.79 Å². The van der Waals surface area contributed by atoms with Crippen LogP contribution in [0.2, 0.25) is 0 Å². The SMILES string of the molecule is C/C=C/C(C)C(=O)N1C(=O)OCC1Cc1ccccc1. The maximum absolute atomic E-state index is 12.3. The second kappa shape index (κ2) is 6.37. The molecular formula is C16H19NO3. The Kier molecular flexibility index (Phi) is 4.56. The van der Waals surface area contributed by atoms with Crippen molar-refractivity contribution in [3.05, 3.63) is 48.0 Å². The number of nitrogens with zero attached hydrogens (tertiary/aromatic N) is 1. The van der Waals surface area contributed by atoms with Gasteiger partial charge in [0.15, 0.2) is 0 Å². The minimum Gasteiger partial charge on any atom is -0.447 e. The van der Waals surface area contributed by atoms with E-state index in [2.05, 4.69) is 0 Å². The Balaban J connectivity index is 2.12. The number of carbonyl (C=O) groups is 2. The third-order valence-electron chi connectivity index (χ3n) is 3.38. The van der Waals surface area contributed by atoms with Gasteiger partial charge < -0.3 is 4.74 Å². The van der Waals surface area contributed by atoms with Crippen molar-refractivity contribution in [3.63, 3.8) is 0 Å². The predicted octanol–water partition coefficient (Wildman–Crippen LogP) is 2.79. The highest BCUT2D eigenvalue weighted by Gasteiger charge is 2.38. The van der Waals surface area contributed by atoms with E-state index in [0.717, 1.165) is 5.56 Å². The van der Waals surface area contributed by atoms with Crippen LogP contribution in [-0.4, -0.2) is 29.5 Å². The molecule has 20 heavy (non-hydrogen) atoms. The number of amides is 2. The summed E-state index contributed by atoms with van der Waals surface area (Å²) in [6.45, 7) is 3.91. The van der Waals surface area contributed by atoms with Crippen LogP contribution in [-0.2, 0) is 16.0 Å². The summed E-state index contributed by atoms with van der Waals surface area (Å²) in [6.07, 6.45) is 3.69. The zero-order valence-corrected chi connectivity index (χ0v) is 11.8. The van der Waals surface area contributed by atoms with Crippen molar-refractivity contribution in [1.29, 1.82) is 0 Å². The van der Waals surface area contributed by atoms with Gasteiger partial charge in [-0.25, -0.2) is 9.69 Å². The first-order chi connectivity index (χ1) is 9.63. The van der Waals surface area contributed by atoms with E-state index in [4.69, 9.17) is 4.74 Å². The van der Waals surface area contributed by atoms with Gasteiger partial charge in [-0.15, -0.1) is 0 Å². The summed E-state index contributed by atoms with van der Waals surface area (Å²) in [6, 6.07) is 9.59. The number of hydrogen-bond donors (Lipinski definition) is 0. The molecule has 1 heterocycles. The normalized spacial score (nSPS) is 20.2. The summed E-state index contributed by atoms with van der Waals surface area (Å²) in [4.78, 5) is 25.4. The Bertz CT molecular complexity index is 510. The third-order valence-corrected chi connectivity index (χ3v) is 3.38. The number of ether oxygens (including phenoxy) is 1. The van der Waals surface area contributed by atoms with Gasteiger partial charge in [0.1, 0.15) is 6.61 Å². The van der Waals surface area contributed by atoms with Crippen molar-refractivity contribution < 1.29 is 14.3 Å². The maximum atomic E-state index is 12.3. The zero-order valence-electron chi connectivity index (χ0n) is 11.8. The van der Waals surface area contributed by atoms with Gasteiger partial charge >= 0.3 is 6.09 Å². The molecule has 0 saturated carbocycles. The lowest BCUT2D eigenvalue weighted by Gasteiger charge is -2.21. The molecule has 0 aliphatic carbocycles. The molecule has 2 unspecified atom stereocenters. The largest absolute Gasteiger partial charge is 0.447 e. The molecule has 0 aromatic heterocycles. The highest BCUT2D eigenvalue weighted by molar-refractivity contribution is 5.95. The molecule has 1 aromatic carbocycles. The molecule has 1 fully saturated rings. The average molecular weight is 273 g/mol. The van der Waals surface area contributed by atoms with E-state index in [9.17, 15) is 9.59 Å². The number of hydrogen-bond acceptors (Lipinski definition) is 3. The average Bonchev–Trinajstić information content (AvgIpc) is 2.80. The van der Waals surface area contributed by atoms with Gasteiger partial charge in [0, 0.05) is 0 Å². The van der Waals surface area contributed by atoms with Crippen LogP contribution in [0.25, 0.3) is 0 Å². The van der Waals surface area contributed by atoms with Crippen LogP contribution in [0.5, 0.6) is 0 Å². The molecule has 1 saturated heterocycles. The van der Waals surface area contributed by atoms with Crippen molar-refractivity contribution in [2.45, 2.75) is 26.3 Å². The second-order valence-electron chi connectivity index (χ2n) is 4.94. The fourth-order valence-electron chi connectivity index (χ4n) is 2.36. The summed E-state index contributed by atoms with van der Waals surface area (Å²) < 4.78 is 5.04. The molecule has 0 bridgehead atoms. The Morgan fingerprint density at radius 1 is 1.45 bits per heavy atom. The Labute approximate surface area is 119 Å². The summed E-state index contributed by atoms with van der Waals surface area (Å²) in [5.41, 5.74) is 1.09. The summed E-state index contributed by atoms with van der Waals surface area (Å²) in [7, 11) is 0. The molecule has 106 valence electrons. The first-order valence-corrected chi connectivity index (χ1v) is 6.80. The van der Waals surface area contributed by atoms with E-state index < -0.39 is 6.09 Å². The highest BCUT2D eigenvalue weighted by atomic mass is 16.6. The predicted molar refractivity (Wildman–Crippen MR) is 76.1 cm³/mol. The number of imide groups is 1. The van der Waals surface area contributed by atoms with Gasteiger partial charge in [-0.1, -0.05) is 49.4 Å². The smallest absolute Gasteiger partial charge is 0.417 e. The maximum Gasteiger partial charge on any atom is 0.417 e. The number of cyclic esters (lactones) is 1. The van der Waals surface area contributed by atoms with E-state index in [1.807, 2.05) is 43.3 Å². The minimum atomic E-state index is -0.535. The monoisotopic (exact) mass is 273 g/mol. The quantitative estimate of drug-likeness (QED) is 0.792. The molecule has 1 aromatic rings. The van der Waals surface area contributed by atoms with E-state index in [-0.39, 0.29) is 24.5 Å². The molecule has 0 spiro atoms. The van der Waals surface area contributed by atoms with E-state index in [1.54, 1.807) is 13.0 Å². The molecule has 2 amide bonds. The lowest BCUT2D eigenvalue weighted by atomic mass is 10.0. The van der Waals surface area contributed by atoms with Crippen LogP contribution in [0.3, 0.4) is 0 Å². The molecule has 1 aliphatic rings. The van der Waals surface area contributed by atoms with Crippen molar-refractivity contribution in [2.75, 3.05) is 6.61 Å². The van der Waals surface area contributed by atoms with E-state index in [0.29, 0.717) is 6.42 Å². The molecule has 0 radical (unpaired) electrons. The standard InChI is InChI=1S/C16H19NO3/c1-3-7-12(2)15(18)17-14(11-20-16(17)19)10-13-8-5-4-6-9-13/h3-9,12,14H,10-11H2,1-2H3/b7-3+. The molecular weight excluding hydrogens is 254 g/mol. The lowest BCUT2D eigenvalue weighted by molar-refractivity contribution is -0.131. The van der Waals surface area contributed by atoms with Crippen LogP contribution in [0.1, 0.15) is 19.4 Å². The van der Waals surface area contributed by atoms with Gasteiger partial charge in [0.05, 0.1) is 12.0 Å². The molecule has 1 aliphatic heterocycles. The first-order valence-electron chi connectivity index (χ1n) is 6.80. The van der Waals surface area contributed by atoms with Gasteiger partial charge in [-0.05, 0) is 18.9 Å². The fourth-order valence-corrected chi connectivity index (χ4v) is 2.36. The van der Waals surface area contributed by atoms with Gasteiger partial charge in [-0.2, -0.15) is 0 Å². The Hall–Kier alpha value is -2.10. The first kappa shape index (κ1) is 14.3. The summed E-state index contributed by atoms with van der Waals surface area (Å²) in [5.74, 6) is -0.518. The molecule has 0 N–H and O–H groups in total. The van der Waals surface area contributed by atoms with Gasteiger partial charge in [0.25, 0.3) is 0 Å². The van der Waals surface area contributed by atoms with Crippen LogP contribution in [0.15, 0.2) is 42.5 Å². The van der Waals surface area contributed by atoms with Crippen molar-refractivity contribution in [3.8, 4) is 0 Å². The number of benzene rings is 1. The third kappa shape index (κ3) is 3.07. The molecule has 4 nitrogen and oxygen atoms in total. The van der Waals surface area contributed by atoms with Crippen molar-refractivity contribution >= 4 is 12.0 Å². The Morgan fingerprint density at radius 3 is 2.80 bits per heavy atom. The molecule has 4 heteroatoms. The number of allylic oxidation sites excluding steroid dienone is 1. The lowest BCUT2D eigenvalue weighted by Crippen LogP contribution is -2.42. The summed E-state index contributed by atoms with van der Waals surface area (Å²) >= 11 is 0.